The second kappa shape index (κ2) is 11.8. The number of amides is 1. The topological polar surface area (TPSA) is 105 Å². The standard InChI is InChI=1S/C27H34N2O6/c1-4-34-24(30)23(15-14-20-10-6-5-7-11-20)18-29(19(2)3)25(31)27(35-26(32)33)16-21-12-8-9-13-22(21)17-28-27/h5-13,19,23,28H,4,14-18H2,1-3H3,(H,32,33)/t23?,27-/m0/s1. The molecule has 8 heteroatoms. The number of aryl methyl sites for hydroxylation is 1. The average molecular weight is 483 g/mol. The molecule has 2 aromatic carbocycles. The van der Waals surface area contributed by atoms with Crippen molar-refractivity contribution in [1.82, 2.24) is 10.2 Å². The normalized spacial score (nSPS) is 17.8. The second-order valence-electron chi connectivity index (χ2n) is 9.02. The first-order valence-electron chi connectivity index (χ1n) is 12.0. The van der Waals surface area contributed by atoms with Crippen LogP contribution in [0.1, 0.15) is 43.9 Å². The number of nitrogens with one attached hydrogen (secondary N) is 1. The minimum atomic E-state index is -1.77. The maximum absolute atomic E-state index is 13.9. The molecule has 0 radical (unpaired) electrons. The highest BCUT2D eigenvalue weighted by molar-refractivity contribution is 5.88. The zero-order valence-electron chi connectivity index (χ0n) is 20.5. The van der Waals surface area contributed by atoms with Crippen molar-refractivity contribution in [2.45, 2.75) is 58.3 Å². The Kier molecular flexibility index (Phi) is 8.87. The van der Waals surface area contributed by atoms with E-state index < -0.39 is 23.7 Å². The molecule has 0 aromatic heterocycles. The molecule has 2 aromatic rings. The molecule has 2 atom stereocenters. The van der Waals surface area contributed by atoms with Crippen molar-refractivity contribution in [2.24, 2.45) is 5.92 Å². The van der Waals surface area contributed by atoms with Gasteiger partial charge in [-0.25, -0.2) is 4.79 Å². The Hall–Kier alpha value is -3.39. The third-order valence-corrected chi connectivity index (χ3v) is 6.27. The van der Waals surface area contributed by atoms with Crippen molar-refractivity contribution < 1.29 is 29.0 Å². The van der Waals surface area contributed by atoms with Gasteiger partial charge in [0, 0.05) is 25.6 Å². The number of fused-ring (bicyclic) bond motifs is 1. The maximum Gasteiger partial charge on any atom is 0.508 e. The lowest BCUT2D eigenvalue weighted by Crippen LogP contribution is -2.64. The molecule has 0 bridgehead atoms. The number of carboxylic acid groups (broad SMARTS) is 1. The summed E-state index contributed by atoms with van der Waals surface area (Å²) in [4.78, 5) is 39.9. The number of ether oxygens (including phenoxy) is 2. The van der Waals surface area contributed by atoms with Crippen LogP contribution in [0.15, 0.2) is 54.6 Å². The van der Waals surface area contributed by atoms with Gasteiger partial charge in [-0.2, -0.15) is 0 Å². The van der Waals surface area contributed by atoms with E-state index in [1.807, 2.05) is 68.4 Å². The van der Waals surface area contributed by atoms with Crippen LogP contribution in [0.5, 0.6) is 0 Å². The number of hydrogen-bond acceptors (Lipinski definition) is 6. The van der Waals surface area contributed by atoms with E-state index in [0.717, 1.165) is 16.7 Å². The van der Waals surface area contributed by atoms with E-state index >= 15 is 0 Å². The molecule has 0 fully saturated rings. The predicted molar refractivity (Wildman–Crippen MR) is 131 cm³/mol. The number of benzene rings is 2. The van der Waals surface area contributed by atoms with E-state index in [0.29, 0.717) is 12.8 Å². The van der Waals surface area contributed by atoms with Crippen LogP contribution in [-0.2, 0) is 38.4 Å². The molecular formula is C27H34N2O6. The molecule has 188 valence electrons. The van der Waals surface area contributed by atoms with Crippen LogP contribution in [-0.4, -0.2) is 53.0 Å². The predicted octanol–water partition coefficient (Wildman–Crippen LogP) is 3.77. The molecule has 35 heavy (non-hydrogen) atoms. The molecule has 1 heterocycles. The maximum atomic E-state index is 13.9. The number of rotatable bonds is 10. The van der Waals surface area contributed by atoms with E-state index in [2.05, 4.69) is 5.32 Å². The van der Waals surface area contributed by atoms with Crippen LogP contribution >= 0.6 is 0 Å². The lowest BCUT2D eigenvalue weighted by molar-refractivity contribution is -0.163. The molecule has 3 rings (SSSR count). The molecule has 0 saturated carbocycles. The van der Waals surface area contributed by atoms with Crippen molar-refractivity contribution in [3.8, 4) is 0 Å². The van der Waals surface area contributed by atoms with Crippen LogP contribution in [0, 0.1) is 5.92 Å². The summed E-state index contributed by atoms with van der Waals surface area (Å²) in [5, 5.41) is 12.5. The Balaban J connectivity index is 1.87. The Morgan fingerprint density at radius 3 is 2.34 bits per heavy atom. The summed E-state index contributed by atoms with van der Waals surface area (Å²) in [6.07, 6.45) is -0.346. The first-order chi connectivity index (χ1) is 16.8. The minimum absolute atomic E-state index is 0.0611. The quantitative estimate of drug-likeness (QED) is 0.497. The molecule has 2 N–H and O–H groups in total. The van der Waals surface area contributed by atoms with Gasteiger partial charge in [-0.15, -0.1) is 0 Å². The number of carbonyl (C=O) groups is 3. The van der Waals surface area contributed by atoms with Gasteiger partial charge in [0.15, 0.2) is 0 Å². The number of nitrogens with zero attached hydrogens (tertiary/aromatic N) is 1. The first kappa shape index (κ1) is 26.2. The minimum Gasteiger partial charge on any atom is -0.466 e. The summed E-state index contributed by atoms with van der Waals surface area (Å²) in [7, 11) is 0. The summed E-state index contributed by atoms with van der Waals surface area (Å²) in [5.74, 6) is -1.46. The van der Waals surface area contributed by atoms with Crippen LogP contribution in [0.3, 0.4) is 0 Å². The van der Waals surface area contributed by atoms with Gasteiger partial charge in [0.25, 0.3) is 11.6 Å². The van der Waals surface area contributed by atoms with Gasteiger partial charge in [0.1, 0.15) is 0 Å². The summed E-state index contributed by atoms with van der Waals surface area (Å²) >= 11 is 0. The van der Waals surface area contributed by atoms with Crippen molar-refractivity contribution in [3.05, 3.63) is 71.3 Å². The van der Waals surface area contributed by atoms with Crippen LogP contribution in [0.4, 0.5) is 4.79 Å². The lowest BCUT2D eigenvalue weighted by Gasteiger charge is -2.41. The Morgan fingerprint density at radius 1 is 1.06 bits per heavy atom. The van der Waals surface area contributed by atoms with Gasteiger partial charge in [-0.1, -0.05) is 54.6 Å². The van der Waals surface area contributed by atoms with Gasteiger partial charge in [0.2, 0.25) is 0 Å². The molecule has 1 aliphatic rings. The molecule has 1 unspecified atom stereocenters. The smallest absolute Gasteiger partial charge is 0.466 e. The van der Waals surface area contributed by atoms with E-state index in [9.17, 15) is 19.5 Å². The zero-order chi connectivity index (χ0) is 25.4. The van der Waals surface area contributed by atoms with E-state index in [1.165, 1.54) is 4.90 Å². The van der Waals surface area contributed by atoms with Gasteiger partial charge < -0.3 is 19.5 Å². The van der Waals surface area contributed by atoms with E-state index in [4.69, 9.17) is 9.47 Å². The molecule has 0 spiro atoms. The fourth-order valence-electron chi connectivity index (χ4n) is 4.41. The number of carbonyl (C=O) groups excluding carboxylic acids is 2. The number of esters is 1. The molecule has 1 amide bonds. The Labute approximate surface area is 206 Å². The molecular weight excluding hydrogens is 448 g/mol. The fourth-order valence-corrected chi connectivity index (χ4v) is 4.41. The molecule has 0 aliphatic carbocycles. The highest BCUT2D eigenvalue weighted by Gasteiger charge is 2.48. The van der Waals surface area contributed by atoms with Crippen molar-refractivity contribution in [1.29, 1.82) is 0 Å². The largest absolute Gasteiger partial charge is 0.508 e. The SMILES string of the molecule is CCOC(=O)C(CCc1ccccc1)CN(C(=O)[C@@]1(OC(=O)O)Cc2ccccc2CN1)C(C)C. The summed E-state index contributed by atoms with van der Waals surface area (Å²) < 4.78 is 10.6. The molecule has 1 aliphatic heterocycles. The third kappa shape index (κ3) is 6.60. The monoisotopic (exact) mass is 482 g/mol. The van der Waals surface area contributed by atoms with Gasteiger partial charge >= 0.3 is 12.1 Å². The highest BCUT2D eigenvalue weighted by Crippen LogP contribution is 2.28. The third-order valence-electron chi connectivity index (χ3n) is 6.27. The summed E-state index contributed by atoms with van der Waals surface area (Å²) in [6, 6.07) is 17.0. The summed E-state index contributed by atoms with van der Waals surface area (Å²) in [6.45, 7) is 6.04. The summed E-state index contributed by atoms with van der Waals surface area (Å²) in [5.41, 5.74) is 1.13. The van der Waals surface area contributed by atoms with E-state index in [1.54, 1.807) is 6.92 Å². The Bertz CT molecular complexity index is 1030. The van der Waals surface area contributed by atoms with Crippen molar-refractivity contribution >= 4 is 18.0 Å². The van der Waals surface area contributed by atoms with Crippen LogP contribution in [0.25, 0.3) is 0 Å². The molecule has 8 nitrogen and oxygen atoms in total. The average Bonchev–Trinajstić information content (AvgIpc) is 2.83. The van der Waals surface area contributed by atoms with Gasteiger partial charge in [-0.05, 0) is 50.3 Å². The second-order valence-corrected chi connectivity index (χ2v) is 9.02. The zero-order valence-corrected chi connectivity index (χ0v) is 20.5. The number of hydrogen-bond donors (Lipinski definition) is 2. The molecule has 0 saturated heterocycles. The van der Waals surface area contributed by atoms with Crippen molar-refractivity contribution in [2.75, 3.05) is 13.2 Å². The fraction of sp³-hybridized carbons (Fsp3) is 0.444. The highest BCUT2D eigenvalue weighted by atomic mass is 16.7. The van der Waals surface area contributed by atoms with Crippen LogP contribution in [0.2, 0.25) is 0 Å². The van der Waals surface area contributed by atoms with E-state index in [-0.39, 0.29) is 38.1 Å². The lowest BCUT2D eigenvalue weighted by atomic mass is 9.91. The van der Waals surface area contributed by atoms with Gasteiger partial charge in [-0.3, -0.25) is 14.9 Å². The first-order valence-corrected chi connectivity index (χ1v) is 12.0. The van der Waals surface area contributed by atoms with Crippen LogP contribution < -0.4 is 5.32 Å². The Morgan fingerprint density at radius 2 is 1.71 bits per heavy atom. The van der Waals surface area contributed by atoms with Gasteiger partial charge in [0.05, 0.1) is 12.5 Å². The van der Waals surface area contributed by atoms with Crippen molar-refractivity contribution in [3.63, 3.8) is 0 Å².